The molecule has 0 fully saturated rings. The molecule has 1 aromatic heterocycles. The van der Waals surface area contributed by atoms with Gasteiger partial charge >= 0.3 is 11.8 Å². The van der Waals surface area contributed by atoms with Crippen LogP contribution in [0.2, 0.25) is 10.2 Å². The van der Waals surface area contributed by atoms with E-state index in [4.69, 9.17) is 23.2 Å². The average Bonchev–Trinajstić information content (AvgIpc) is 2.64. The largest absolute Gasteiger partial charge is 0.329 e. The summed E-state index contributed by atoms with van der Waals surface area (Å²) >= 11 is 12.1. The zero-order valence-corrected chi connectivity index (χ0v) is 15.7. The molecule has 0 spiro atoms. The van der Waals surface area contributed by atoms with E-state index in [9.17, 15) is 9.59 Å². The van der Waals surface area contributed by atoms with Gasteiger partial charge < -0.3 is 5.32 Å². The highest BCUT2D eigenvalue weighted by atomic mass is 35.5. The van der Waals surface area contributed by atoms with E-state index in [-0.39, 0.29) is 5.15 Å². The van der Waals surface area contributed by atoms with E-state index in [2.05, 4.69) is 20.8 Å². The summed E-state index contributed by atoms with van der Waals surface area (Å²) in [5.74, 6) is -1.83. The number of anilines is 1. The Bertz CT molecular complexity index is 1070. The van der Waals surface area contributed by atoms with Crippen molar-refractivity contribution in [2.24, 2.45) is 5.10 Å². The Hall–Kier alpha value is -2.96. The van der Waals surface area contributed by atoms with Crippen LogP contribution >= 0.6 is 23.2 Å². The second kappa shape index (κ2) is 8.16. The van der Waals surface area contributed by atoms with Gasteiger partial charge in [0.05, 0.1) is 22.4 Å². The Morgan fingerprint density at radius 1 is 1.07 bits per heavy atom. The zero-order chi connectivity index (χ0) is 19.4. The second-order valence-corrected chi connectivity index (χ2v) is 6.46. The van der Waals surface area contributed by atoms with Gasteiger partial charge in [-0.15, -0.1) is 0 Å². The number of carbonyl (C=O) groups excluding carboxylic acids is 2. The van der Waals surface area contributed by atoms with Crippen LogP contribution < -0.4 is 10.7 Å². The number of hydrogen-bond acceptors (Lipinski definition) is 4. The number of amides is 2. The Labute approximate surface area is 165 Å². The molecule has 0 aliphatic heterocycles. The first kappa shape index (κ1) is 18.8. The molecule has 0 aliphatic rings. The monoisotopic (exact) mass is 400 g/mol. The molecular weight excluding hydrogens is 387 g/mol. The summed E-state index contributed by atoms with van der Waals surface area (Å²) in [7, 11) is 0. The molecule has 0 saturated heterocycles. The molecule has 6 nitrogen and oxygen atoms in total. The quantitative estimate of drug-likeness (QED) is 0.302. The van der Waals surface area contributed by atoms with E-state index in [1.165, 1.54) is 6.21 Å². The molecule has 2 aromatic carbocycles. The summed E-state index contributed by atoms with van der Waals surface area (Å²) in [4.78, 5) is 28.0. The highest BCUT2D eigenvalue weighted by molar-refractivity contribution is 6.41. The summed E-state index contributed by atoms with van der Waals surface area (Å²) in [6.45, 7) is 1.97. The van der Waals surface area contributed by atoms with Crippen LogP contribution in [0, 0.1) is 6.92 Å². The first-order chi connectivity index (χ1) is 12.9. The summed E-state index contributed by atoms with van der Waals surface area (Å²) in [5.41, 5.74) is 4.83. The molecule has 0 aliphatic carbocycles. The maximum Gasteiger partial charge on any atom is 0.329 e. The van der Waals surface area contributed by atoms with Crippen molar-refractivity contribution in [2.45, 2.75) is 6.92 Å². The Morgan fingerprint density at radius 3 is 2.63 bits per heavy atom. The number of benzene rings is 2. The number of fused-ring (bicyclic) bond motifs is 1. The maximum atomic E-state index is 11.9. The van der Waals surface area contributed by atoms with Crippen LogP contribution in [0.15, 0.2) is 53.6 Å². The number of carbonyl (C=O) groups is 2. The summed E-state index contributed by atoms with van der Waals surface area (Å²) in [5, 5.41) is 7.62. The molecular formula is C19H14Cl2N4O2. The van der Waals surface area contributed by atoms with Crippen molar-refractivity contribution < 1.29 is 9.59 Å². The number of hydrazone groups is 1. The van der Waals surface area contributed by atoms with Crippen molar-refractivity contribution in [3.63, 3.8) is 0 Å². The SMILES string of the molecule is Cc1ccc2cc(/C=N\NC(=O)C(=O)Nc3ccccc3Cl)c(Cl)nc2c1. The van der Waals surface area contributed by atoms with Gasteiger partial charge in [-0.25, -0.2) is 10.4 Å². The van der Waals surface area contributed by atoms with Crippen molar-refractivity contribution in [2.75, 3.05) is 5.32 Å². The van der Waals surface area contributed by atoms with E-state index in [0.29, 0.717) is 16.3 Å². The lowest BCUT2D eigenvalue weighted by Gasteiger charge is -2.05. The van der Waals surface area contributed by atoms with Crippen LogP contribution in [0.4, 0.5) is 5.69 Å². The van der Waals surface area contributed by atoms with E-state index in [1.54, 1.807) is 30.3 Å². The normalized spacial score (nSPS) is 10.9. The zero-order valence-electron chi connectivity index (χ0n) is 14.2. The van der Waals surface area contributed by atoms with Crippen LogP contribution in [0.3, 0.4) is 0 Å². The molecule has 8 heteroatoms. The van der Waals surface area contributed by atoms with E-state index in [1.807, 2.05) is 25.1 Å². The van der Waals surface area contributed by atoms with E-state index >= 15 is 0 Å². The van der Waals surface area contributed by atoms with Gasteiger partial charge in [0.2, 0.25) is 0 Å². The van der Waals surface area contributed by atoms with E-state index < -0.39 is 11.8 Å². The predicted molar refractivity (Wildman–Crippen MR) is 107 cm³/mol. The lowest BCUT2D eigenvalue weighted by Crippen LogP contribution is -2.32. The molecule has 2 amide bonds. The standard InChI is InChI=1S/C19H14Cl2N4O2/c1-11-6-7-12-9-13(17(21)23-16(12)8-11)10-22-25-19(27)18(26)24-15-5-3-2-4-14(15)20/h2-10H,1H3,(H,24,26)(H,25,27)/b22-10-. The third-order valence-corrected chi connectivity index (χ3v) is 4.28. The molecule has 0 radical (unpaired) electrons. The Morgan fingerprint density at radius 2 is 1.85 bits per heavy atom. The van der Waals surface area contributed by atoms with Gasteiger partial charge in [0, 0.05) is 10.9 Å². The molecule has 27 heavy (non-hydrogen) atoms. The average molecular weight is 401 g/mol. The molecule has 136 valence electrons. The number of nitrogens with one attached hydrogen (secondary N) is 2. The van der Waals surface area contributed by atoms with Gasteiger partial charge in [0.1, 0.15) is 5.15 Å². The molecule has 3 rings (SSSR count). The highest BCUT2D eigenvalue weighted by Crippen LogP contribution is 2.21. The fraction of sp³-hybridized carbons (Fsp3) is 0.0526. The van der Waals surface area contributed by atoms with Gasteiger partial charge in [-0.2, -0.15) is 5.10 Å². The molecule has 0 unspecified atom stereocenters. The van der Waals surface area contributed by atoms with Gasteiger partial charge in [-0.3, -0.25) is 9.59 Å². The fourth-order valence-corrected chi connectivity index (χ4v) is 2.69. The minimum Gasteiger partial charge on any atom is -0.316 e. The smallest absolute Gasteiger partial charge is 0.316 e. The summed E-state index contributed by atoms with van der Waals surface area (Å²) in [6, 6.07) is 14.2. The molecule has 0 saturated carbocycles. The number of aromatic nitrogens is 1. The molecule has 1 heterocycles. The first-order valence-electron chi connectivity index (χ1n) is 7.90. The number of aryl methyl sites for hydroxylation is 1. The van der Waals surface area contributed by atoms with Crippen molar-refractivity contribution in [3.05, 3.63) is 69.8 Å². The molecule has 3 aromatic rings. The lowest BCUT2D eigenvalue weighted by atomic mass is 10.1. The lowest BCUT2D eigenvalue weighted by molar-refractivity contribution is -0.136. The van der Waals surface area contributed by atoms with Crippen molar-refractivity contribution in [1.82, 2.24) is 10.4 Å². The highest BCUT2D eigenvalue weighted by Gasteiger charge is 2.14. The molecule has 0 bridgehead atoms. The Kier molecular flexibility index (Phi) is 5.69. The van der Waals surface area contributed by atoms with Crippen LogP contribution in [-0.4, -0.2) is 23.0 Å². The number of para-hydroxylation sites is 1. The van der Waals surface area contributed by atoms with Gasteiger partial charge in [-0.05, 0) is 36.8 Å². The number of pyridine rings is 1. The minimum absolute atomic E-state index is 0.242. The van der Waals surface area contributed by atoms with Gasteiger partial charge in [-0.1, -0.05) is 47.5 Å². The second-order valence-electron chi connectivity index (χ2n) is 5.70. The van der Waals surface area contributed by atoms with Crippen LogP contribution in [0.25, 0.3) is 10.9 Å². The molecule has 2 N–H and O–H groups in total. The molecule has 0 atom stereocenters. The summed E-state index contributed by atoms with van der Waals surface area (Å²) in [6.07, 6.45) is 1.33. The fourth-order valence-electron chi connectivity index (χ4n) is 2.31. The number of nitrogens with zero attached hydrogens (tertiary/aromatic N) is 2. The topological polar surface area (TPSA) is 83.5 Å². The Balaban J connectivity index is 1.68. The van der Waals surface area contributed by atoms with Gasteiger partial charge in [0.25, 0.3) is 0 Å². The number of rotatable bonds is 3. The third kappa shape index (κ3) is 4.61. The maximum absolute atomic E-state index is 11.9. The number of halogens is 2. The minimum atomic E-state index is -0.938. The first-order valence-corrected chi connectivity index (χ1v) is 8.65. The van der Waals surface area contributed by atoms with Gasteiger partial charge in [0.15, 0.2) is 0 Å². The summed E-state index contributed by atoms with van der Waals surface area (Å²) < 4.78 is 0. The van der Waals surface area contributed by atoms with E-state index in [0.717, 1.165) is 16.5 Å². The van der Waals surface area contributed by atoms with Crippen LogP contribution in [0.1, 0.15) is 11.1 Å². The van der Waals surface area contributed by atoms with Crippen molar-refractivity contribution in [1.29, 1.82) is 0 Å². The van der Waals surface area contributed by atoms with Crippen LogP contribution in [0.5, 0.6) is 0 Å². The third-order valence-electron chi connectivity index (χ3n) is 3.65. The number of hydrogen-bond donors (Lipinski definition) is 2. The predicted octanol–water partition coefficient (Wildman–Crippen LogP) is 3.94. The van der Waals surface area contributed by atoms with Crippen molar-refractivity contribution in [3.8, 4) is 0 Å². The van der Waals surface area contributed by atoms with Crippen molar-refractivity contribution >= 4 is 57.8 Å². The van der Waals surface area contributed by atoms with Crippen LogP contribution in [-0.2, 0) is 9.59 Å².